The average Bonchev–Trinajstić information content (AvgIpc) is 3.39. The molecule has 0 unspecified atom stereocenters. The fourth-order valence-electron chi connectivity index (χ4n) is 5.31. The van der Waals surface area contributed by atoms with Crippen LogP contribution >= 0.6 is 11.3 Å². The molecule has 3 atom stereocenters. The number of nitrogens with one attached hydrogen (secondary N) is 1. The van der Waals surface area contributed by atoms with E-state index < -0.39 is 18.6 Å². The van der Waals surface area contributed by atoms with Crippen molar-refractivity contribution < 1.29 is 17.0 Å². The van der Waals surface area contributed by atoms with Crippen LogP contribution in [0.15, 0.2) is 11.7 Å². The lowest BCUT2D eigenvalue weighted by atomic mass is 9.89. The number of nitrogens with zero attached hydrogens (tertiary/aromatic N) is 2. The highest BCUT2D eigenvalue weighted by Gasteiger charge is 2.45. The van der Waals surface area contributed by atoms with Crippen molar-refractivity contribution >= 4 is 46.0 Å². The molecule has 8 nitrogen and oxygen atoms in total. The Bertz CT molecular complexity index is 1140. The molecule has 2 saturated carbocycles. The SMILES string of the molecule is CC(C)(C)[Si](C)(C)O[C@H]1C[C@H](c2csc3c(NCC4CCCCC4)ncnc23)C[C@H]1COS(N)(=O)=O. The van der Waals surface area contributed by atoms with E-state index in [1.807, 2.05) is 0 Å². The summed E-state index contributed by atoms with van der Waals surface area (Å²) in [7, 11) is -6.07. The molecule has 4 rings (SSSR count). The Kier molecular flexibility index (Phi) is 8.48. The maximum Gasteiger partial charge on any atom is 0.333 e. The van der Waals surface area contributed by atoms with E-state index in [1.165, 1.54) is 37.7 Å². The van der Waals surface area contributed by atoms with E-state index in [1.54, 1.807) is 17.7 Å². The fourth-order valence-corrected chi connectivity index (χ4v) is 8.15. The Balaban J connectivity index is 1.54. The van der Waals surface area contributed by atoms with Gasteiger partial charge in [0.1, 0.15) is 12.1 Å². The van der Waals surface area contributed by atoms with Crippen LogP contribution in [0.25, 0.3) is 10.2 Å². The molecule has 11 heteroatoms. The summed E-state index contributed by atoms with van der Waals surface area (Å²) in [5.74, 6) is 1.79. The number of rotatable bonds is 9. The van der Waals surface area contributed by atoms with E-state index in [9.17, 15) is 8.42 Å². The largest absolute Gasteiger partial charge is 0.414 e. The van der Waals surface area contributed by atoms with E-state index in [2.05, 4.69) is 54.5 Å². The maximum absolute atomic E-state index is 11.5. The smallest absolute Gasteiger partial charge is 0.333 e. The molecule has 0 aromatic carbocycles. The number of aromatic nitrogens is 2. The molecule has 2 aromatic rings. The van der Waals surface area contributed by atoms with Gasteiger partial charge in [-0.15, -0.1) is 11.3 Å². The van der Waals surface area contributed by atoms with Crippen LogP contribution in [0.1, 0.15) is 77.2 Å². The summed E-state index contributed by atoms with van der Waals surface area (Å²) in [5.41, 5.74) is 2.19. The first kappa shape index (κ1) is 27.9. The highest BCUT2D eigenvalue weighted by atomic mass is 32.2. The Hall–Kier alpha value is -1.11. The predicted octanol–water partition coefficient (Wildman–Crippen LogP) is 5.79. The third kappa shape index (κ3) is 6.65. The monoisotopic (exact) mass is 554 g/mol. The third-order valence-corrected chi connectivity index (χ3v) is 14.4. The molecule has 202 valence electrons. The van der Waals surface area contributed by atoms with Crippen molar-refractivity contribution in [2.45, 2.75) is 95.9 Å². The number of hydrogen-bond acceptors (Lipinski definition) is 8. The van der Waals surface area contributed by atoms with Crippen LogP contribution in [0.4, 0.5) is 5.82 Å². The highest BCUT2D eigenvalue weighted by molar-refractivity contribution is 7.84. The molecule has 0 bridgehead atoms. The standard InChI is InChI=1S/C25H42N4O4S2Si/c1-25(2,3)36(4,5)33-21-12-18(11-19(21)14-32-35(26,30)31)20-15-34-23-22(20)28-16-29-24(23)27-13-17-9-7-6-8-10-17/h15-19,21H,6-14H2,1-5H3,(H2,26,30,31)(H,27,28,29)/t18-,19+,21+/m1/s1. The maximum atomic E-state index is 11.5. The molecule has 0 aliphatic heterocycles. The van der Waals surface area contributed by atoms with Crippen LogP contribution in [0.3, 0.4) is 0 Å². The summed E-state index contributed by atoms with van der Waals surface area (Å²) in [5, 5.41) is 11.0. The zero-order valence-corrected chi connectivity index (χ0v) is 24.9. The van der Waals surface area contributed by atoms with Crippen molar-refractivity contribution in [3.8, 4) is 0 Å². The lowest BCUT2D eigenvalue weighted by Crippen LogP contribution is -2.45. The lowest BCUT2D eigenvalue weighted by molar-refractivity contribution is 0.108. The van der Waals surface area contributed by atoms with Gasteiger partial charge >= 0.3 is 10.3 Å². The number of thiophene rings is 1. The van der Waals surface area contributed by atoms with Gasteiger partial charge in [-0.3, -0.25) is 4.18 Å². The van der Waals surface area contributed by atoms with Gasteiger partial charge in [0, 0.05) is 12.5 Å². The van der Waals surface area contributed by atoms with Gasteiger partial charge in [-0.2, -0.15) is 8.42 Å². The van der Waals surface area contributed by atoms with Crippen molar-refractivity contribution in [3.63, 3.8) is 0 Å². The lowest BCUT2D eigenvalue weighted by Gasteiger charge is -2.39. The molecule has 0 radical (unpaired) electrons. The molecule has 2 heterocycles. The molecule has 2 aliphatic carbocycles. The molecule has 2 aromatic heterocycles. The van der Waals surface area contributed by atoms with Crippen LogP contribution < -0.4 is 10.5 Å². The Morgan fingerprint density at radius 1 is 1.17 bits per heavy atom. The first-order valence-corrected chi connectivity index (χ1v) is 18.4. The summed E-state index contributed by atoms with van der Waals surface area (Å²) >= 11 is 1.68. The number of hydrogen-bond donors (Lipinski definition) is 2. The Labute approximate surface area is 221 Å². The van der Waals surface area contributed by atoms with E-state index in [0.29, 0.717) is 5.92 Å². The second-order valence-electron chi connectivity index (χ2n) is 12.1. The van der Waals surface area contributed by atoms with Gasteiger partial charge in [-0.05, 0) is 66.6 Å². The minimum Gasteiger partial charge on any atom is -0.414 e. The van der Waals surface area contributed by atoms with Crippen LogP contribution in [-0.2, 0) is 18.9 Å². The van der Waals surface area contributed by atoms with Crippen molar-refractivity contribution in [2.24, 2.45) is 17.0 Å². The minimum absolute atomic E-state index is 0.0415. The van der Waals surface area contributed by atoms with Crippen LogP contribution in [-0.4, -0.2) is 46.0 Å². The molecule has 0 spiro atoms. The van der Waals surface area contributed by atoms with Gasteiger partial charge in [-0.1, -0.05) is 40.0 Å². The average molecular weight is 555 g/mol. The topological polar surface area (TPSA) is 116 Å². The second kappa shape index (κ2) is 10.9. The van der Waals surface area contributed by atoms with E-state index in [4.69, 9.17) is 13.7 Å². The molecule has 0 amide bonds. The first-order valence-electron chi connectivity index (χ1n) is 13.1. The first-order chi connectivity index (χ1) is 16.8. The quantitative estimate of drug-likeness (QED) is 0.377. The predicted molar refractivity (Wildman–Crippen MR) is 149 cm³/mol. The summed E-state index contributed by atoms with van der Waals surface area (Å²) in [6, 6.07) is 0. The van der Waals surface area contributed by atoms with Crippen LogP contribution in [0.2, 0.25) is 18.1 Å². The second-order valence-corrected chi connectivity index (χ2v) is 19.0. The molecule has 2 aliphatic rings. The molecule has 3 N–H and O–H groups in total. The van der Waals surface area contributed by atoms with E-state index >= 15 is 0 Å². The minimum atomic E-state index is -4.01. The third-order valence-electron chi connectivity index (χ3n) is 8.43. The van der Waals surface area contributed by atoms with Gasteiger partial charge < -0.3 is 9.74 Å². The summed E-state index contributed by atoms with van der Waals surface area (Å²) in [6.45, 7) is 12.1. The summed E-state index contributed by atoms with van der Waals surface area (Å²) in [6.07, 6.45) is 9.73. The molecular formula is C25H42N4O4S2Si. The van der Waals surface area contributed by atoms with Gasteiger partial charge in [0.2, 0.25) is 0 Å². The van der Waals surface area contributed by atoms with Gasteiger partial charge in [0.05, 0.1) is 22.9 Å². The van der Waals surface area contributed by atoms with Crippen molar-refractivity contribution in [3.05, 3.63) is 17.3 Å². The van der Waals surface area contributed by atoms with Crippen LogP contribution in [0.5, 0.6) is 0 Å². The van der Waals surface area contributed by atoms with E-state index in [-0.39, 0.29) is 29.6 Å². The number of fused-ring (bicyclic) bond motifs is 1. The zero-order valence-electron chi connectivity index (χ0n) is 22.2. The Morgan fingerprint density at radius 3 is 2.56 bits per heavy atom. The molecule has 2 fully saturated rings. The number of nitrogens with two attached hydrogens (primary N) is 1. The molecule has 0 saturated heterocycles. The normalized spacial score (nSPS) is 24.4. The highest BCUT2D eigenvalue weighted by Crippen LogP contribution is 2.47. The van der Waals surface area contributed by atoms with Gasteiger partial charge in [0.15, 0.2) is 8.32 Å². The van der Waals surface area contributed by atoms with Crippen LogP contribution in [0, 0.1) is 11.8 Å². The zero-order chi connectivity index (χ0) is 26.1. The van der Waals surface area contributed by atoms with Crippen molar-refractivity contribution in [1.82, 2.24) is 9.97 Å². The van der Waals surface area contributed by atoms with Gasteiger partial charge in [-0.25, -0.2) is 15.1 Å². The molecular weight excluding hydrogens is 513 g/mol. The van der Waals surface area contributed by atoms with E-state index in [0.717, 1.165) is 35.4 Å². The Morgan fingerprint density at radius 2 is 1.89 bits per heavy atom. The van der Waals surface area contributed by atoms with Gasteiger partial charge in [0.25, 0.3) is 0 Å². The van der Waals surface area contributed by atoms with Crippen molar-refractivity contribution in [2.75, 3.05) is 18.5 Å². The fraction of sp³-hybridized carbons (Fsp3) is 0.760. The number of anilines is 1. The summed E-state index contributed by atoms with van der Waals surface area (Å²) < 4.78 is 36.0. The molecule has 36 heavy (non-hydrogen) atoms. The van der Waals surface area contributed by atoms with Crippen molar-refractivity contribution in [1.29, 1.82) is 0 Å². The summed E-state index contributed by atoms with van der Waals surface area (Å²) in [4.78, 5) is 9.23.